The first-order valence-corrected chi connectivity index (χ1v) is 6.19. The molecule has 1 amide bonds. The summed E-state index contributed by atoms with van der Waals surface area (Å²) in [5, 5.41) is 2.26. The second-order valence-corrected chi connectivity index (χ2v) is 4.80. The molecule has 0 bridgehead atoms. The number of amides is 1. The van der Waals surface area contributed by atoms with Gasteiger partial charge < -0.3 is 0 Å². The Morgan fingerprint density at radius 1 is 1.11 bits per heavy atom. The van der Waals surface area contributed by atoms with E-state index in [0.29, 0.717) is 12.3 Å². The third kappa shape index (κ3) is 3.00. The highest BCUT2D eigenvalue weighted by Gasteiger charge is 2.05. The molecule has 0 aliphatic carbocycles. The second kappa shape index (κ2) is 5.54. The van der Waals surface area contributed by atoms with Gasteiger partial charge in [-0.3, -0.25) is 15.6 Å². The summed E-state index contributed by atoms with van der Waals surface area (Å²) in [7, 11) is 0. The molecule has 0 saturated heterocycles. The van der Waals surface area contributed by atoms with Crippen molar-refractivity contribution in [3.8, 4) is 0 Å². The minimum Gasteiger partial charge on any atom is -0.298 e. The number of hydrogen-bond donors (Lipinski definition) is 2. The monoisotopic (exact) mass is 242 g/mol. The predicted octanol–water partition coefficient (Wildman–Crippen LogP) is 3.33. The van der Waals surface area contributed by atoms with Crippen molar-refractivity contribution in [3.63, 3.8) is 0 Å². The SMILES string of the molecule is CC(C)CC(=O)NNc1cccc2ccccc12. The highest BCUT2D eigenvalue weighted by molar-refractivity contribution is 5.94. The van der Waals surface area contributed by atoms with Gasteiger partial charge in [0.2, 0.25) is 5.91 Å². The van der Waals surface area contributed by atoms with E-state index in [4.69, 9.17) is 0 Å². The third-order valence-corrected chi connectivity index (χ3v) is 2.72. The van der Waals surface area contributed by atoms with E-state index in [2.05, 4.69) is 23.0 Å². The number of rotatable bonds is 4. The Labute approximate surface area is 107 Å². The summed E-state index contributed by atoms with van der Waals surface area (Å²) in [6.07, 6.45) is 0.526. The first-order chi connectivity index (χ1) is 8.66. The van der Waals surface area contributed by atoms with Crippen molar-refractivity contribution in [1.82, 2.24) is 5.43 Å². The molecular formula is C15H18N2O. The van der Waals surface area contributed by atoms with E-state index in [0.717, 1.165) is 16.5 Å². The van der Waals surface area contributed by atoms with Gasteiger partial charge in [0.25, 0.3) is 0 Å². The Kier molecular flexibility index (Phi) is 3.82. The Hall–Kier alpha value is -2.03. The van der Waals surface area contributed by atoms with Crippen LogP contribution in [0.2, 0.25) is 0 Å². The Balaban J connectivity index is 2.10. The number of carbonyl (C=O) groups excluding carboxylic acids is 1. The predicted molar refractivity (Wildman–Crippen MR) is 75.2 cm³/mol. The largest absolute Gasteiger partial charge is 0.298 e. The molecule has 18 heavy (non-hydrogen) atoms. The lowest BCUT2D eigenvalue weighted by Crippen LogP contribution is -2.30. The van der Waals surface area contributed by atoms with Crippen molar-refractivity contribution in [1.29, 1.82) is 0 Å². The van der Waals surface area contributed by atoms with Crippen LogP contribution in [0.5, 0.6) is 0 Å². The molecule has 2 aromatic rings. The van der Waals surface area contributed by atoms with Gasteiger partial charge in [-0.1, -0.05) is 50.2 Å². The zero-order valence-electron chi connectivity index (χ0n) is 10.7. The van der Waals surface area contributed by atoms with Crippen molar-refractivity contribution < 1.29 is 4.79 Å². The van der Waals surface area contributed by atoms with Gasteiger partial charge in [-0.25, -0.2) is 0 Å². The van der Waals surface area contributed by atoms with Crippen LogP contribution in [0.25, 0.3) is 10.8 Å². The average Bonchev–Trinajstić information content (AvgIpc) is 2.35. The van der Waals surface area contributed by atoms with E-state index in [9.17, 15) is 4.79 Å². The van der Waals surface area contributed by atoms with Crippen LogP contribution >= 0.6 is 0 Å². The summed E-state index contributed by atoms with van der Waals surface area (Å²) in [6, 6.07) is 14.1. The lowest BCUT2D eigenvalue weighted by Gasteiger charge is -2.12. The van der Waals surface area contributed by atoms with Gasteiger partial charge >= 0.3 is 0 Å². The summed E-state index contributed by atoms with van der Waals surface area (Å²) in [4.78, 5) is 11.6. The van der Waals surface area contributed by atoms with Gasteiger partial charge in [0.05, 0.1) is 5.69 Å². The average molecular weight is 242 g/mol. The highest BCUT2D eigenvalue weighted by Crippen LogP contribution is 2.22. The first kappa shape index (κ1) is 12.4. The van der Waals surface area contributed by atoms with E-state index in [1.165, 1.54) is 0 Å². The number of hydrazine groups is 1. The van der Waals surface area contributed by atoms with Crippen molar-refractivity contribution in [3.05, 3.63) is 42.5 Å². The van der Waals surface area contributed by atoms with E-state index < -0.39 is 0 Å². The summed E-state index contributed by atoms with van der Waals surface area (Å²) >= 11 is 0. The lowest BCUT2D eigenvalue weighted by molar-refractivity contribution is -0.121. The molecule has 0 fully saturated rings. The number of nitrogens with one attached hydrogen (secondary N) is 2. The summed E-state index contributed by atoms with van der Waals surface area (Å²) in [5.41, 5.74) is 6.65. The Morgan fingerprint density at radius 2 is 1.83 bits per heavy atom. The summed E-state index contributed by atoms with van der Waals surface area (Å²) < 4.78 is 0. The van der Waals surface area contributed by atoms with Gasteiger partial charge in [0, 0.05) is 11.8 Å². The summed E-state index contributed by atoms with van der Waals surface area (Å²) in [5.74, 6) is 0.372. The zero-order chi connectivity index (χ0) is 13.0. The van der Waals surface area contributed by atoms with Crippen molar-refractivity contribution in [2.45, 2.75) is 20.3 Å². The molecular weight excluding hydrogens is 224 g/mol. The molecule has 0 atom stereocenters. The number of benzene rings is 2. The van der Waals surface area contributed by atoms with Crippen LogP contribution in [0, 0.1) is 5.92 Å². The van der Waals surface area contributed by atoms with Crippen LogP contribution < -0.4 is 10.9 Å². The first-order valence-electron chi connectivity index (χ1n) is 6.19. The molecule has 0 spiro atoms. The fraction of sp³-hybridized carbons (Fsp3) is 0.267. The molecule has 3 heteroatoms. The van der Waals surface area contributed by atoms with Crippen LogP contribution in [0.15, 0.2) is 42.5 Å². The lowest BCUT2D eigenvalue weighted by atomic mass is 10.1. The van der Waals surface area contributed by atoms with Crippen LogP contribution in [0.4, 0.5) is 5.69 Å². The van der Waals surface area contributed by atoms with Crippen molar-refractivity contribution >= 4 is 22.4 Å². The molecule has 0 saturated carbocycles. The minimum atomic E-state index is 0.0120. The van der Waals surface area contributed by atoms with Gasteiger partial charge in [-0.15, -0.1) is 0 Å². The molecule has 94 valence electrons. The van der Waals surface area contributed by atoms with Crippen LogP contribution in [-0.4, -0.2) is 5.91 Å². The highest BCUT2D eigenvalue weighted by atomic mass is 16.2. The van der Waals surface area contributed by atoms with Gasteiger partial charge in [-0.05, 0) is 17.4 Å². The quantitative estimate of drug-likeness (QED) is 0.807. The summed E-state index contributed by atoms with van der Waals surface area (Å²) in [6.45, 7) is 4.05. The van der Waals surface area contributed by atoms with Crippen molar-refractivity contribution in [2.24, 2.45) is 5.92 Å². The minimum absolute atomic E-state index is 0.0120. The third-order valence-electron chi connectivity index (χ3n) is 2.72. The Morgan fingerprint density at radius 3 is 2.61 bits per heavy atom. The number of anilines is 1. The molecule has 0 radical (unpaired) electrons. The van der Waals surface area contributed by atoms with Crippen LogP contribution in [-0.2, 0) is 4.79 Å². The van der Waals surface area contributed by atoms with E-state index >= 15 is 0 Å². The van der Waals surface area contributed by atoms with Crippen molar-refractivity contribution in [2.75, 3.05) is 5.43 Å². The molecule has 2 rings (SSSR count). The van der Waals surface area contributed by atoms with Crippen LogP contribution in [0.1, 0.15) is 20.3 Å². The topological polar surface area (TPSA) is 41.1 Å². The van der Waals surface area contributed by atoms with E-state index in [1.54, 1.807) is 0 Å². The molecule has 0 aromatic heterocycles. The van der Waals surface area contributed by atoms with Gasteiger partial charge in [-0.2, -0.15) is 0 Å². The second-order valence-electron chi connectivity index (χ2n) is 4.80. The maximum Gasteiger partial charge on any atom is 0.238 e. The zero-order valence-corrected chi connectivity index (χ0v) is 10.7. The normalized spacial score (nSPS) is 10.6. The Bertz CT molecular complexity index is 544. The molecule has 2 N–H and O–H groups in total. The standard InChI is InChI=1S/C15H18N2O/c1-11(2)10-15(18)17-16-14-9-5-7-12-6-3-4-8-13(12)14/h3-9,11,16H,10H2,1-2H3,(H,17,18). The number of hydrogen-bond acceptors (Lipinski definition) is 2. The maximum atomic E-state index is 11.6. The molecule has 0 aliphatic rings. The molecule has 0 unspecified atom stereocenters. The van der Waals surface area contributed by atoms with E-state index in [-0.39, 0.29) is 5.91 Å². The fourth-order valence-electron chi connectivity index (χ4n) is 1.89. The molecule has 0 heterocycles. The number of fused-ring (bicyclic) bond motifs is 1. The van der Waals surface area contributed by atoms with Crippen LogP contribution in [0.3, 0.4) is 0 Å². The fourth-order valence-corrected chi connectivity index (χ4v) is 1.89. The molecule has 0 aliphatic heterocycles. The van der Waals surface area contributed by atoms with Gasteiger partial charge in [0.15, 0.2) is 0 Å². The number of carbonyl (C=O) groups is 1. The van der Waals surface area contributed by atoms with Gasteiger partial charge in [0.1, 0.15) is 0 Å². The molecule has 3 nitrogen and oxygen atoms in total. The van der Waals surface area contributed by atoms with E-state index in [1.807, 2.05) is 44.2 Å². The smallest absolute Gasteiger partial charge is 0.238 e. The maximum absolute atomic E-state index is 11.6. The molecule has 2 aromatic carbocycles.